The number of aromatic nitrogens is 1. The van der Waals surface area contributed by atoms with Crippen LogP contribution in [0.4, 0.5) is 0 Å². The predicted octanol–water partition coefficient (Wildman–Crippen LogP) is 4.28. The molecule has 0 spiro atoms. The van der Waals surface area contributed by atoms with Gasteiger partial charge in [0.05, 0.1) is 17.1 Å². The molecule has 0 bridgehead atoms. The lowest BCUT2D eigenvalue weighted by atomic mass is 10.1. The Bertz CT molecular complexity index is 1070. The summed E-state index contributed by atoms with van der Waals surface area (Å²) in [4.78, 5) is 29.4. The minimum Gasteiger partial charge on any atom is -0.507 e. The molecule has 1 saturated carbocycles. The molecule has 8 heteroatoms. The first kappa shape index (κ1) is 18.6. The number of aromatic carboxylic acids is 1. The van der Waals surface area contributed by atoms with Gasteiger partial charge in [0.15, 0.2) is 0 Å². The molecule has 2 heterocycles. The highest BCUT2D eigenvalue weighted by atomic mass is 32.1. The molecule has 0 atom stereocenters. The Kier molecular flexibility index (Phi) is 4.91. The predicted molar refractivity (Wildman–Crippen MR) is 109 cm³/mol. The number of amides is 1. The van der Waals surface area contributed by atoms with E-state index in [0.29, 0.717) is 6.54 Å². The van der Waals surface area contributed by atoms with Gasteiger partial charge in [-0.05, 0) is 43.5 Å². The Hall–Kier alpha value is -2.71. The normalized spacial score (nSPS) is 13.5. The van der Waals surface area contributed by atoms with Crippen molar-refractivity contribution in [2.45, 2.75) is 26.3 Å². The van der Waals surface area contributed by atoms with Crippen LogP contribution in [-0.2, 0) is 11.3 Å². The molecule has 1 amide bonds. The first-order valence-corrected chi connectivity index (χ1v) is 10.5. The van der Waals surface area contributed by atoms with Crippen molar-refractivity contribution in [1.29, 1.82) is 0 Å². The summed E-state index contributed by atoms with van der Waals surface area (Å²) in [7, 11) is 0. The summed E-state index contributed by atoms with van der Waals surface area (Å²) in [6, 6.07) is 6.58. The molecular weight excluding hydrogens is 396 g/mol. The summed E-state index contributed by atoms with van der Waals surface area (Å²) in [6.07, 6.45) is 1.96. The number of aryl methyl sites for hydroxylation is 1. The van der Waals surface area contributed by atoms with Crippen molar-refractivity contribution in [2.24, 2.45) is 5.92 Å². The standard InChI is InChI=1S/C20H18N2O4S2/c1-10-18(28-17(22-10)8-21-19(24)11-2-3-11)13-7-16(27-9-13)12-4-5-14(20(25)26)15(23)6-12/h4-7,9,11,23H,2-3,8H2,1H3,(H,21,24)(H,25,26). The zero-order valence-electron chi connectivity index (χ0n) is 15.1. The van der Waals surface area contributed by atoms with Crippen LogP contribution < -0.4 is 5.32 Å². The first-order chi connectivity index (χ1) is 13.4. The number of carboxylic acid groups (broad SMARTS) is 1. The number of benzene rings is 1. The summed E-state index contributed by atoms with van der Waals surface area (Å²) in [5.41, 5.74) is 2.58. The Morgan fingerprint density at radius 1 is 1.25 bits per heavy atom. The van der Waals surface area contributed by atoms with Crippen molar-refractivity contribution in [1.82, 2.24) is 10.3 Å². The second-order valence-corrected chi connectivity index (χ2v) is 8.75. The number of hydrogen-bond donors (Lipinski definition) is 3. The summed E-state index contributed by atoms with van der Waals surface area (Å²) < 4.78 is 0. The van der Waals surface area contributed by atoms with Crippen molar-refractivity contribution in [3.63, 3.8) is 0 Å². The van der Waals surface area contributed by atoms with Crippen molar-refractivity contribution in [2.75, 3.05) is 0 Å². The van der Waals surface area contributed by atoms with Crippen LogP contribution in [0.2, 0.25) is 0 Å². The molecule has 3 aromatic rings. The summed E-state index contributed by atoms with van der Waals surface area (Å²) in [6.45, 7) is 2.39. The van der Waals surface area contributed by atoms with E-state index in [2.05, 4.69) is 10.3 Å². The van der Waals surface area contributed by atoms with E-state index < -0.39 is 5.97 Å². The van der Waals surface area contributed by atoms with Gasteiger partial charge in [-0.15, -0.1) is 22.7 Å². The van der Waals surface area contributed by atoms with Gasteiger partial charge in [0.25, 0.3) is 0 Å². The lowest BCUT2D eigenvalue weighted by molar-refractivity contribution is -0.122. The third-order valence-electron chi connectivity index (χ3n) is 4.58. The maximum atomic E-state index is 11.8. The van der Waals surface area contributed by atoms with Crippen LogP contribution in [0.3, 0.4) is 0 Å². The van der Waals surface area contributed by atoms with Crippen LogP contribution in [0, 0.1) is 12.8 Å². The number of carbonyl (C=O) groups is 2. The Morgan fingerprint density at radius 2 is 2.04 bits per heavy atom. The number of aromatic hydroxyl groups is 1. The first-order valence-electron chi connectivity index (χ1n) is 8.82. The summed E-state index contributed by atoms with van der Waals surface area (Å²) >= 11 is 3.08. The van der Waals surface area contributed by atoms with Crippen LogP contribution in [0.25, 0.3) is 20.9 Å². The fourth-order valence-electron chi connectivity index (χ4n) is 2.92. The third-order valence-corrected chi connectivity index (χ3v) is 6.76. The highest BCUT2D eigenvalue weighted by Gasteiger charge is 2.29. The van der Waals surface area contributed by atoms with E-state index in [1.165, 1.54) is 23.5 Å². The molecule has 0 radical (unpaired) electrons. The van der Waals surface area contributed by atoms with Crippen molar-refractivity contribution in [3.8, 4) is 26.6 Å². The van der Waals surface area contributed by atoms with Crippen LogP contribution >= 0.6 is 22.7 Å². The van der Waals surface area contributed by atoms with Gasteiger partial charge < -0.3 is 15.5 Å². The van der Waals surface area contributed by atoms with Gasteiger partial charge in [-0.3, -0.25) is 4.79 Å². The van der Waals surface area contributed by atoms with E-state index in [4.69, 9.17) is 5.11 Å². The van der Waals surface area contributed by atoms with Gasteiger partial charge in [-0.1, -0.05) is 6.07 Å². The van der Waals surface area contributed by atoms with Crippen molar-refractivity contribution >= 4 is 34.6 Å². The maximum absolute atomic E-state index is 11.8. The number of phenols is 1. The molecule has 1 fully saturated rings. The highest BCUT2D eigenvalue weighted by Crippen LogP contribution is 2.38. The van der Waals surface area contributed by atoms with E-state index in [0.717, 1.165) is 44.4 Å². The lowest BCUT2D eigenvalue weighted by Gasteiger charge is -2.02. The van der Waals surface area contributed by atoms with E-state index >= 15 is 0 Å². The molecule has 1 aliphatic rings. The molecule has 6 nitrogen and oxygen atoms in total. The Morgan fingerprint density at radius 3 is 2.71 bits per heavy atom. The number of rotatable bonds is 6. The zero-order valence-corrected chi connectivity index (χ0v) is 16.7. The van der Waals surface area contributed by atoms with Gasteiger partial charge in [0.1, 0.15) is 16.3 Å². The molecule has 4 rings (SSSR count). The number of hydrogen-bond acceptors (Lipinski definition) is 6. The summed E-state index contributed by atoms with van der Waals surface area (Å²) in [5.74, 6) is -1.11. The average Bonchev–Trinajstić information content (AvgIpc) is 3.28. The van der Waals surface area contributed by atoms with Gasteiger partial charge >= 0.3 is 5.97 Å². The Balaban J connectivity index is 1.53. The van der Waals surface area contributed by atoms with E-state index in [1.54, 1.807) is 17.4 Å². The molecule has 1 aromatic carbocycles. The van der Waals surface area contributed by atoms with Gasteiger partial charge in [-0.2, -0.15) is 0 Å². The fraction of sp³-hybridized carbons (Fsp3) is 0.250. The molecule has 28 heavy (non-hydrogen) atoms. The van der Waals surface area contributed by atoms with Crippen molar-refractivity contribution < 1.29 is 19.8 Å². The molecule has 1 aliphatic carbocycles. The topological polar surface area (TPSA) is 99.5 Å². The monoisotopic (exact) mass is 414 g/mol. The van der Waals surface area contributed by atoms with Gasteiger partial charge in [0.2, 0.25) is 5.91 Å². The highest BCUT2D eigenvalue weighted by molar-refractivity contribution is 7.17. The minimum atomic E-state index is -1.16. The fourth-order valence-corrected chi connectivity index (χ4v) is 4.88. The van der Waals surface area contributed by atoms with E-state index in [9.17, 15) is 14.7 Å². The number of carboxylic acids is 1. The van der Waals surface area contributed by atoms with E-state index in [-0.39, 0.29) is 23.1 Å². The number of nitrogens with zero attached hydrogens (tertiary/aromatic N) is 1. The van der Waals surface area contributed by atoms with Crippen LogP contribution in [-0.4, -0.2) is 27.1 Å². The largest absolute Gasteiger partial charge is 0.507 e. The second-order valence-electron chi connectivity index (χ2n) is 6.75. The molecule has 3 N–H and O–H groups in total. The SMILES string of the molecule is Cc1nc(CNC(=O)C2CC2)sc1-c1csc(-c2ccc(C(=O)O)c(O)c2)c1. The Labute approximate surface area is 169 Å². The lowest BCUT2D eigenvalue weighted by Crippen LogP contribution is -2.23. The molecule has 2 aromatic heterocycles. The zero-order chi connectivity index (χ0) is 19.8. The second kappa shape index (κ2) is 7.37. The van der Waals surface area contributed by atoms with Gasteiger partial charge in [0, 0.05) is 21.7 Å². The van der Waals surface area contributed by atoms with Crippen LogP contribution in [0.15, 0.2) is 29.6 Å². The maximum Gasteiger partial charge on any atom is 0.339 e. The molecular formula is C20H18N2O4S2. The van der Waals surface area contributed by atoms with Crippen molar-refractivity contribution in [3.05, 3.63) is 45.9 Å². The van der Waals surface area contributed by atoms with Crippen LogP contribution in [0.1, 0.15) is 33.9 Å². The smallest absolute Gasteiger partial charge is 0.339 e. The average molecular weight is 415 g/mol. The van der Waals surface area contributed by atoms with Gasteiger partial charge in [-0.25, -0.2) is 9.78 Å². The number of thiazole rings is 1. The third kappa shape index (κ3) is 3.79. The van der Waals surface area contributed by atoms with E-state index in [1.807, 2.05) is 18.4 Å². The molecule has 144 valence electrons. The number of nitrogens with one attached hydrogen (secondary N) is 1. The number of carbonyl (C=O) groups excluding carboxylic acids is 1. The quantitative estimate of drug-likeness (QED) is 0.559. The summed E-state index contributed by atoms with van der Waals surface area (Å²) in [5, 5.41) is 24.8. The molecule has 0 unspecified atom stereocenters. The molecule has 0 saturated heterocycles. The number of thiophene rings is 1. The minimum absolute atomic E-state index is 0.108. The van der Waals surface area contributed by atoms with Crippen LogP contribution in [0.5, 0.6) is 5.75 Å². The molecule has 0 aliphatic heterocycles.